The molecular formula is C13H20N2O4S. The zero-order chi connectivity index (χ0) is 14.5. The van der Waals surface area contributed by atoms with Crippen molar-refractivity contribution in [2.45, 2.75) is 38.1 Å². The van der Waals surface area contributed by atoms with Crippen molar-refractivity contribution in [3.05, 3.63) is 0 Å². The number of carbonyl (C=O) groups is 3. The van der Waals surface area contributed by atoms with Gasteiger partial charge in [-0.2, -0.15) is 0 Å². The fourth-order valence-electron chi connectivity index (χ4n) is 2.71. The molecule has 0 bridgehead atoms. The number of carboxylic acids is 1. The highest BCUT2D eigenvalue weighted by molar-refractivity contribution is 8.00. The molecule has 0 radical (unpaired) electrons. The van der Waals surface area contributed by atoms with Crippen LogP contribution in [-0.2, 0) is 14.4 Å². The van der Waals surface area contributed by atoms with E-state index < -0.39 is 5.97 Å². The summed E-state index contributed by atoms with van der Waals surface area (Å²) in [6, 6.07) is 0.0118. The van der Waals surface area contributed by atoms with E-state index in [0.29, 0.717) is 24.6 Å². The fraction of sp³-hybridized carbons (Fsp3) is 0.769. The van der Waals surface area contributed by atoms with Gasteiger partial charge in [0.1, 0.15) is 6.54 Å². The zero-order valence-corrected chi connectivity index (χ0v) is 12.2. The second-order valence-electron chi connectivity index (χ2n) is 5.24. The largest absolute Gasteiger partial charge is 0.481 e. The maximum Gasteiger partial charge on any atom is 0.303 e. The van der Waals surface area contributed by atoms with Gasteiger partial charge in [0.15, 0.2) is 0 Å². The van der Waals surface area contributed by atoms with Gasteiger partial charge in [-0.25, -0.2) is 0 Å². The molecule has 2 heterocycles. The summed E-state index contributed by atoms with van der Waals surface area (Å²) in [4.78, 5) is 37.9. The van der Waals surface area contributed by atoms with Crippen molar-refractivity contribution in [3.63, 3.8) is 0 Å². The highest BCUT2D eigenvalue weighted by Crippen LogP contribution is 2.22. The SMILES string of the molecule is O=C(O)CCC1CCCCN1C(=O)CN1CSCC1=O. The molecule has 0 aliphatic carbocycles. The molecule has 7 heteroatoms. The van der Waals surface area contributed by atoms with Crippen LogP contribution in [-0.4, -0.2) is 63.5 Å². The second-order valence-corrected chi connectivity index (χ2v) is 6.19. The Labute approximate surface area is 122 Å². The molecule has 0 aromatic heterocycles. The number of likely N-dealkylation sites (tertiary alicyclic amines) is 1. The topological polar surface area (TPSA) is 77.9 Å². The third-order valence-corrected chi connectivity index (χ3v) is 4.74. The lowest BCUT2D eigenvalue weighted by atomic mass is 9.98. The van der Waals surface area contributed by atoms with Crippen LogP contribution in [0.2, 0.25) is 0 Å². The number of hydrogen-bond donors (Lipinski definition) is 1. The van der Waals surface area contributed by atoms with Crippen LogP contribution in [0.1, 0.15) is 32.1 Å². The van der Waals surface area contributed by atoms with Gasteiger partial charge in [0.05, 0.1) is 11.6 Å². The Morgan fingerprint density at radius 2 is 2.15 bits per heavy atom. The average molecular weight is 300 g/mol. The lowest BCUT2D eigenvalue weighted by Crippen LogP contribution is -2.48. The van der Waals surface area contributed by atoms with Gasteiger partial charge in [-0.1, -0.05) is 0 Å². The molecule has 1 N–H and O–H groups in total. The normalized spacial score (nSPS) is 23.2. The Morgan fingerprint density at radius 1 is 1.35 bits per heavy atom. The predicted molar refractivity (Wildman–Crippen MR) is 75.3 cm³/mol. The number of piperidine rings is 1. The third-order valence-electron chi connectivity index (χ3n) is 3.79. The maximum absolute atomic E-state index is 12.3. The molecule has 2 aliphatic heterocycles. The van der Waals surface area contributed by atoms with Crippen LogP contribution >= 0.6 is 11.8 Å². The molecule has 2 rings (SSSR count). The van der Waals surface area contributed by atoms with Crippen molar-refractivity contribution in [2.24, 2.45) is 0 Å². The number of thioether (sulfide) groups is 1. The molecule has 0 spiro atoms. The molecule has 2 fully saturated rings. The van der Waals surface area contributed by atoms with Gasteiger partial charge in [0.25, 0.3) is 0 Å². The average Bonchev–Trinajstić information content (AvgIpc) is 2.82. The van der Waals surface area contributed by atoms with Crippen LogP contribution in [0.15, 0.2) is 0 Å². The Kier molecular flexibility index (Phi) is 5.28. The van der Waals surface area contributed by atoms with Crippen LogP contribution in [0.4, 0.5) is 0 Å². The van der Waals surface area contributed by atoms with Crippen molar-refractivity contribution >= 4 is 29.5 Å². The fourth-order valence-corrected chi connectivity index (χ4v) is 3.62. The minimum atomic E-state index is -0.825. The van der Waals surface area contributed by atoms with E-state index in [-0.39, 0.29) is 30.8 Å². The Balaban J connectivity index is 1.90. The quantitative estimate of drug-likeness (QED) is 0.811. The van der Waals surface area contributed by atoms with Gasteiger partial charge >= 0.3 is 5.97 Å². The molecule has 1 unspecified atom stereocenters. The highest BCUT2D eigenvalue weighted by atomic mass is 32.2. The molecule has 0 saturated carbocycles. The van der Waals surface area contributed by atoms with Crippen molar-refractivity contribution in [2.75, 3.05) is 24.7 Å². The van der Waals surface area contributed by atoms with Gasteiger partial charge in [-0.15, -0.1) is 11.8 Å². The van der Waals surface area contributed by atoms with Gasteiger partial charge in [0.2, 0.25) is 11.8 Å². The van der Waals surface area contributed by atoms with Gasteiger partial charge in [0, 0.05) is 19.0 Å². The van der Waals surface area contributed by atoms with Crippen molar-refractivity contribution in [1.82, 2.24) is 9.80 Å². The molecule has 2 saturated heterocycles. The first kappa shape index (κ1) is 15.2. The van der Waals surface area contributed by atoms with E-state index in [1.165, 1.54) is 11.8 Å². The summed E-state index contributed by atoms with van der Waals surface area (Å²) in [5.74, 6) is 0.181. The molecule has 6 nitrogen and oxygen atoms in total. The first-order chi connectivity index (χ1) is 9.58. The smallest absolute Gasteiger partial charge is 0.303 e. The minimum Gasteiger partial charge on any atom is -0.481 e. The summed E-state index contributed by atoms with van der Waals surface area (Å²) in [7, 11) is 0. The number of amides is 2. The molecule has 2 aliphatic rings. The van der Waals surface area contributed by atoms with Crippen molar-refractivity contribution in [3.8, 4) is 0 Å². The summed E-state index contributed by atoms with van der Waals surface area (Å²) in [6.07, 6.45) is 3.45. The van der Waals surface area contributed by atoms with E-state index >= 15 is 0 Å². The van der Waals surface area contributed by atoms with Crippen molar-refractivity contribution < 1.29 is 19.5 Å². The van der Waals surface area contributed by atoms with Gasteiger partial charge in [-0.05, 0) is 25.7 Å². The number of rotatable bonds is 5. The van der Waals surface area contributed by atoms with E-state index in [4.69, 9.17) is 5.11 Å². The molecule has 0 aromatic rings. The van der Waals surface area contributed by atoms with E-state index in [9.17, 15) is 14.4 Å². The van der Waals surface area contributed by atoms with Crippen LogP contribution in [0.5, 0.6) is 0 Å². The van der Waals surface area contributed by atoms with Crippen molar-refractivity contribution in [1.29, 1.82) is 0 Å². The first-order valence-electron chi connectivity index (χ1n) is 6.94. The molecule has 2 amide bonds. The minimum absolute atomic E-state index is 0.0118. The number of aliphatic carboxylic acids is 1. The molecular weight excluding hydrogens is 280 g/mol. The number of carboxylic acid groups (broad SMARTS) is 1. The van der Waals surface area contributed by atoms with Gasteiger partial charge in [-0.3, -0.25) is 14.4 Å². The molecule has 112 valence electrons. The third kappa shape index (κ3) is 3.88. The lowest BCUT2D eigenvalue weighted by Gasteiger charge is -2.36. The second kappa shape index (κ2) is 6.97. The Hall–Kier alpha value is -1.24. The number of nitrogens with zero attached hydrogens (tertiary/aromatic N) is 2. The zero-order valence-electron chi connectivity index (χ0n) is 11.4. The number of hydrogen-bond acceptors (Lipinski definition) is 4. The summed E-state index contributed by atoms with van der Waals surface area (Å²) in [5, 5.41) is 8.77. The van der Waals surface area contributed by atoms with Crippen LogP contribution < -0.4 is 0 Å². The van der Waals surface area contributed by atoms with Crippen LogP contribution in [0.3, 0.4) is 0 Å². The van der Waals surface area contributed by atoms with E-state index in [0.717, 1.165) is 19.3 Å². The Morgan fingerprint density at radius 3 is 2.80 bits per heavy atom. The summed E-state index contributed by atoms with van der Waals surface area (Å²) in [5.41, 5.74) is 0. The summed E-state index contributed by atoms with van der Waals surface area (Å²) < 4.78 is 0. The van der Waals surface area contributed by atoms with Crippen LogP contribution in [0.25, 0.3) is 0 Å². The molecule has 0 aromatic carbocycles. The summed E-state index contributed by atoms with van der Waals surface area (Å²) in [6.45, 7) is 0.813. The van der Waals surface area contributed by atoms with E-state index in [2.05, 4.69) is 0 Å². The lowest BCUT2D eigenvalue weighted by molar-refractivity contribution is -0.142. The van der Waals surface area contributed by atoms with E-state index in [1.807, 2.05) is 0 Å². The standard InChI is InChI=1S/C13H20N2O4S/c16-11(7-14-9-20-8-12(14)17)15-6-2-1-3-10(15)4-5-13(18)19/h10H,1-9H2,(H,18,19). The highest BCUT2D eigenvalue weighted by Gasteiger charge is 2.30. The first-order valence-corrected chi connectivity index (χ1v) is 8.10. The van der Waals surface area contributed by atoms with Crippen LogP contribution in [0, 0.1) is 0 Å². The summed E-state index contributed by atoms with van der Waals surface area (Å²) >= 11 is 1.52. The number of carbonyl (C=O) groups excluding carboxylic acids is 2. The monoisotopic (exact) mass is 300 g/mol. The Bertz CT molecular complexity index is 402. The van der Waals surface area contributed by atoms with Gasteiger partial charge < -0.3 is 14.9 Å². The van der Waals surface area contributed by atoms with E-state index in [1.54, 1.807) is 9.80 Å². The predicted octanol–water partition coefficient (Wildman–Crippen LogP) is 0.765. The molecule has 1 atom stereocenters. The maximum atomic E-state index is 12.3. The molecule has 20 heavy (non-hydrogen) atoms.